The van der Waals surface area contributed by atoms with E-state index in [1.165, 1.54) is 36.4 Å². The normalized spacial score (nSPS) is 10.8. The summed E-state index contributed by atoms with van der Waals surface area (Å²) in [6, 6.07) is 11.6. The molecular weight excluding hydrogens is 300 g/mol. The van der Waals surface area contributed by atoms with Crippen molar-refractivity contribution < 1.29 is 13.5 Å². The van der Waals surface area contributed by atoms with Crippen LogP contribution in [0, 0.1) is 11.3 Å². The molecule has 0 unspecified atom stereocenters. The van der Waals surface area contributed by atoms with E-state index in [-0.39, 0.29) is 26.9 Å². The molecule has 102 valence electrons. The Morgan fingerprint density at radius 2 is 1.90 bits per heavy atom. The van der Waals surface area contributed by atoms with E-state index in [2.05, 4.69) is 4.72 Å². The minimum Gasteiger partial charge on any atom is -0.506 e. The SMILES string of the molecule is N#Cc1ccccc1S(=O)(=O)Nc1ccc(Cl)c(O)c1. The fourth-order valence-corrected chi connectivity index (χ4v) is 2.91. The van der Waals surface area contributed by atoms with E-state index in [9.17, 15) is 13.5 Å². The lowest BCUT2D eigenvalue weighted by molar-refractivity contribution is 0.476. The van der Waals surface area contributed by atoms with Gasteiger partial charge in [-0.3, -0.25) is 4.72 Å². The fraction of sp³-hybridized carbons (Fsp3) is 0. The zero-order valence-electron chi connectivity index (χ0n) is 10.0. The molecular formula is C13H9ClN2O3S. The first-order chi connectivity index (χ1) is 9.44. The van der Waals surface area contributed by atoms with E-state index in [0.717, 1.165) is 0 Å². The van der Waals surface area contributed by atoms with Crippen molar-refractivity contribution in [2.45, 2.75) is 4.90 Å². The molecule has 2 aromatic carbocycles. The zero-order chi connectivity index (χ0) is 14.8. The van der Waals surface area contributed by atoms with E-state index >= 15 is 0 Å². The lowest BCUT2D eigenvalue weighted by atomic mass is 10.2. The number of phenols is 1. The molecule has 0 saturated carbocycles. The van der Waals surface area contributed by atoms with E-state index in [0.29, 0.717) is 0 Å². The minimum absolute atomic E-state index is 0.0400. The molecule has 0 spiro atoms. The van der Waals surface area contributed by atoms with Crippen LogP contribution in [0.5, 0.6) is 5.75 Å². The molecule has 7 heteroatoms. The Morgan fingerprint density at radius 3 is 2.55 bits per heavy atom. The highest BCUT2D eigenvalue weighted by Gasteiger charge is 2.18. The topological polar surface area (TPSA) is 90.2 Å². The number of benzene rings is 2. The van der Waals surface area contributed by atoms with Gasteiger partial charge in [0.05, 0.1) is 16.3 Å². The molecule has 2 N–H and O–H groups in total. The average molecular weight is 309 g/mol. The van der Waals surface area contributed by atoms with Crippen LogP contribution in [-0.2, 0) is 10.0 Å². The van der Waals surface area contributed by atoms with Crippen LogP contribution >= 0.6 is 11.6 Å². The number of nitrogens with one attached hydrogen (secondary N) is 1. The molecule has 0 amide bonds. The van der Waals surface area contributed by atoms with Gasteiger partial charge in [-0.05, 0) is 24.3 Å². The Kier molecular flexibility index (Phi) is 3.84. The monoisotopic (exact) mass is 308 g/mol. The molecule has 0 aliphatic rings. The lowest BCUT2D eigenvalue weighted by Gasteiger charge is -2.09. The summed E-state index contributed by atoms with van der Waals surface area (Å²) >= 11 is 5.65. The van der Waals surface area contributed by atoms with Gasteiger partial charge in [-0.15, -0.1) is 0 Å². The molecule has 5 nitrogen and oxygen atoms in total. The number of sulfonamides is 1. The zero-order valence-corrected chi connectivity index (χ0v) is 11.6. The third kappa shape index (κ3) is 2.85. The van der Waals surface area contributed by atoms with Gasteiger partial charge in [-0.2, -0.15) is 5.26 Å². The maximum absolute atomic E-state index is 12.2. The van der Waals surface area contributed by atoms with Gasteiger partial charge in [0.15, 0.2) is 0 Å². The molecule has 2 aromatic rings. The Morgan fingerprint density at radius 1 is 1.20 bits per heavy atom. The first-order valence-corrected chi connectivity index (χ1v) is 7.30. The molecule has 0 fully saturated rings. The second kappa shape index (κ2) is 5.41. The Bertz CT molecular complexity index is 798. The van der Waals surface area contributed by atoms with Gasteiger partial charge in [-0.1, -0.05) is 23.7 Å². The van der Waals surface area contributed by atoms with E-state index in [1.807, 2.05) is 6.07 Å². The lowest BCUT2D eigenvalue weighted by Crippen LogP contribution is -2.14. The van der Waals surface area contributed by atoms with Gasteiger partial charge in [-0.25, -0.2) is 8.42 Å². The largest absolute Gasteiger partial charge is 0.506 e. The molecule has 0 saturated heterocycles. The number of hydrogen-bond acceptors (Lipinski definition) is 4. The number of halogens is 1. The molecule has 0 atom stereocenters. The molecule has 0 aromatic heterocycles. The van der Waals surface area contributed by atoms with Crippen LogP contribution in [0.3, 0.4) is 0 Å². The number of nitrogens with zero attached hydrogens (tertiary/aromatic N) is 1. The minimum atomic E-state index is -3.91. The third-order valence-corrected chi connectivity index (χ3v) is 4.25. The predicted octanol–water partition coefficient (Wildman–Crippen LogP) is 2.72. The molecule has 0 aliphatic heterocycles. The van der Waals surface area contributed by atoms with Crippen molar-refractivity contribution in [2.75, 3.05) is 4.72 Å². The van der Waals surface area contributed by atoms with Crippen LogP contribution in [0.15, 0.2) is 47.4 Å². The van der Waals surface area contributed by atoms with Crippen molar-refractivity contribution in [3.63, 3.8) is 0 Å². The van der Waals surface area contributed by atoms with E-state index < -0.39 is 10.0 Å². The summed E-state index contributed by atoms with van der Waals surface area (Å²) in [5.41, 5.74) is 0.192. The van der Waals surface area contributed by atoms with Crippen molar-refractivity contribution in [3.05, 3.63) is 53.1 Å². The number of aromatic hydroxyl groups is 1. The summed E-state index contributed by atoms with van der Waals surface area (Å²) in [4.78, 5) is -0.128. The summed E-state index contributed by atoms with van der Waals surface area (Å²) in [7, 11) is -3.91. The van der Waals surface area contributed by atoms with Crippen molar-refractivity contribution in [1.29, 1.82) is 5.26 Å². The third-order valence-electron chi connectivity index (χ3n) is 2.50. The van der Waals surface area contributed by atoms with Crippen molar-refractivity contribution in [3.8, 4) is 11.8 Å². The molecule has 2 rings (SSSR count). The summed E-state index contributed by atoms with van der Waals surface area (Å²) < 4.78 is 26.7. The summed E-state index contributed by atoms with van der Waals surface area (Å²) in [5, 5.41) is 18.5. The number of anilines is 1. The van der Waals surface area contributed by atoms with Crippen molar-refractivity contribution in [1.82, 2.24) is 0 Å². The molecule has 20 heavy (non-hydrogen) atoms. The second-order valence-electron chi connectivity index (χ2n) is 3.88. The van der Waals surface area contributed by atoms with Gasteiger partial charge in [0.1, 0.15) is 16.7 Å². The predicted molar refractivity (Wildman–Crippen MR) is 75.1 cm³/mol. The Hall–Kier alpha value is -2.23. The second-order valence-corrected chi connectivity index (χ2v) is 5.94. The number of hydrogen-bond donors (Lipinski definition) is 2. The first-order valence-electron chi connectivity index (χ1n) is 5.44. The standard InChI is InChI=1S/C13H9ClN2O3S/c14-11-6-5-10(7-12(11)17)16-20(18,19)13-4-2-1-3-9(13)8-15/h1-7,16-17H. The number of rotatable bonds is 3. The van der Waals surface area contributed by atoms with Crippen LogP contribution in [0.4, 0.5) is 5.69 Å². The van der Waals surface area contributed by atoms with E-state index in [4.69, 9.17) is 16.9 Å². The van der Waals surface area contributed by atoms with Crippen LogP contribution in [0.1, 0.15) is 5.56 Å². The summed E-state index contributed by atoms with van der Waals surface area (Å²) in [6.07, 6.45) is 0. The van der Waals surface area contributed by atoms with Crippen molar-refractivity contribution >= 4 is 27.3 Å². The van der Waals surface area contributed by atoms with Gasteiger partial charge < -0.3 is 5.11 Å². The maximum atomic E-state index is 12.2. The van der Waals surface area contributed by atoms with Gasteiger partial charge in [0.2, 0.25) is 0 Å². The summed E-state index contributed by atoms with van der Waals surface area (Å²) in [6.45, 7) is 0. The number of phenolic OH excluding ortho intramolecular Hbond substituents is 1. The highest BCUT2D eigenvalue weighted by Crippen LogP contribution is 2.28. The fourth-order valence-electron chi connectivity index (χ4n) is 1.58. The Balaban J connectivity index is 2.41. The molecule has 0 bridgehead atoms. The molecule has 0 radical (unpaired) electrons. The molecule has 0 aliphatic carbocycles. The highest BCUT2D eigenvalue weighted by atomic mass is 35.5. The first kappa shape index (κ1) is 14.2. The maximum Gasteiger partial charge on any atom is 0.263 e. The van der Waals surface area contributed by atoms with Crippen LogP contribution in [-0.4, -0.2) is 13.5 Å². The van der Waals surface area contributed by atoms with Crippen LogP contribution < -0.4 is 4.72 Å². The van der Waals surface area contributed by atoms with Gasteiger partial charge in [0, 0.05) is 6.07 Å². The Labute approximate surface area is 121 Å². The smallest absolute Gasteiger partial charge is 0.263 e. The van der Waals surface area contributed by atoms with Gasteiger partial charge in [0.25, 0.3) is 10.0 Å². The number of nitriles is 1. The van der Waals surface area contributed by atoms with Crippen LogP contribution in [0.2, 0.25) is 5.02 Å². The average Bonchev–Trinajstić information content (AvgIpc) is 2.42. The van der Waals surface area contributed by atoms with Gasteiger partial charge >= 0.3 is 0 Å². The quantitative estimate of drug-likeness (QED) is 0.912. The van der Waals surface area contributed by atoms with Crippen LogP contribution in [0.25, 0.3) is 0 Å². The molecule has 0 heterocycles. The van der Waals surface area contributed by atoms with Crippen molar-refractivity contribution in [2.24, 2.45) is 0 Å². The summed E-state index contributed by atoms with van der Waals surface area (Å²) in [5.74, 6) is -0.236. The highest BCUT2D eigenvalue weighted by molar-refractivity contribution is 7.92. The van der Waals surface area contributed by atoms with E-state index in [1.54, 1.807) is 6.07 Å².